The number of pyridine rings is 4. The molecule has 1 aliphatic heterocycles. The molecule has 9 rings (SSSR count). The Balaban J connectivity index is 0.899. The molecule has 8 aromatic rings. The van der Waals surface area contributed by atoms with Crippen molar-refractivity contribution in [1.82, 2.24) is 26.3 Å². The highest BCUT2D eigenvalue weighted by molar-refractivity contribution is 7.93. The van der Waals surface area contributed by atoms with Gasteiger partial charge in [-0.2, -0.15) is 35.5 Å². The number of hydrazine groups is 1. The summed E-state index contributed by atoms with van der Waals surface area (Å²) < 4.78 is 155. The van der Waals surface area contributed by atoms with Gasteiger partial charge in [-0.3, -0.25) is 59.7 Å². The zero-order valence-electron chi connectivity index (χ0n) is 55.3. The molecule has 34 heteroatoms. The summed E-state index contributed by atoms with van der Waals surface area (Å²) in [7, 11) is -10.1. The van der Waals surface area contributed by atoms with Crippen LogP contribution in [-0.4, -0.2) is 105 Å². The Morgan fingerprint density at radius 2 is 1.16 bits per heavy atom. The second-order valence-corrected chi connectivity index (χ2v) is 26.8. The van der Waals surface area contributed by atoms with E-state index in [1.54, 1.807) is 72.6 Å². The van der Waals surface area contributed by atoms with E-state index in [0.717, 1.165) is 40.5 Å². The number of aromatic nitrogens is 4. The highest BCUT2D eigenvalue weighted by atomic mass is 32.2. The quantitative estimate of drug-likeness (QED) is 0.00884. The minimum absolute atomic E-state index is 0.0759. The van der Waals surface area contributed by atoms with Gasteiger partial charge in [0.15, 0.2) is 24.8 Å². The second-order valence-electron chi connectivity index (χ2n) is 23.5. The largest absolute Gasteiger partial charge is 0.417 e. The standard InChI is InChI=1S/C68H70F6N16O10S2/c1-43-7-11-55(45(3)64(43)79-62(91)41-87-34-21-49(22-35-87)47-17-28-75-29-18-47)83-101(97,98)60-15-9-51(39-53(60)67(69,70)71)89-32-5-26-78-59(66(93)82-86-95)14-13-58(81-85-94)57(25-38-89)77-27-6-33-90(96)52-10-16-61(54(40-52)68(72,73)74)102(99,100)84-56-12-8-44(2)65(46(56)4)80-63(92)42-88-36-23-50(24-37-88)48-19-30-76-31-20-48/h7-12,15-25,28-31,34-37,39-40,58,75,77,83-84,96H,5-6,13-14,26-27,32-33,38,41-42H2,1-4H3,(H3-,79,80,81,82,91,92,93,94,95)/p+2. The lowest BCUT2D eigenvalue weighted by Crippen LogP contribution is -2.40. The SMILES string of the molecule is Cc1ccc(NS(=O)(=O)c2ccc(N(O)CCCNC3=CCN(c4ccc(S(=O)(=O)Nc5ccc(C)c(NC(=O)C[n+]6ccc(-c7ccncc7)cc6)c5C)c(C(F)(F)F)c4)CCCN=C(C(=O)NNO)CCC3N=NO)cc2C(F)(F)F)c(C)c1NC(=O)C[n+]1ccc(-c2ccncc2)cc1. The molecule has 0 fully saturated rings. The molecule has 1 unspecified atom stereocenters. The van der Waals surface area contributed by atoms with Gasteiger partial charge in [-0.25, -0.2) is 16.8 Å². The number of hydroxylamine groups is 1. The van der Waals surface area contributed by atoms with Gasteiger partial charge in [-0.1, -0.05) is 12.1 Å². The van der Waals surface area contributed by atoms with Crippen molar-refractivity contribution >= 4 is 77.6 Å². The second kappa shape index (κ2) is 33.0. The average Bonchev–Trinajstić information content (AvgIpc) is 0.776. The fraction of sp³-hybridized carbons (Fsp3) is 0.265. The first-order valence-corrected chi connectivity index (χ1v) is 34.5. The maximum atomic E-state index is 15.3. The number of nitrogens with one attached hydrogen (secondary N) is 7. The van der Waals surface area contributed by atoms with Crippen molar-refractivity contribution in [2.24, 2.45) is 15.4 Å². The van der Waals surface area contributed by atoms with Crippen LogP contribution in [0.3, 0.4) is 0 Å². The summed E-state index contributed by atoms with van der Waals surface area (Å²) in [6.07, 6.45) is 4.03. The smallest absolute Gasteiger partial charge is 0.395 e. The van der Waals surface area contributed by atoms with Gasteiger partial charge in [0.05, 0.1) is 38.0 Å². The highest BCUT2D eigenvalue weighted by Crippen LogP contribution is 2.41. The van der Waals surface area contributed by atoms with E-state index in [0.29, 0.717) is 34.4 Å². The lowest BCUT2D eigenvalue weighted by atomic mass is 10.0. The molecule has 5 heterocycles. The Bertz CT molecular complexity index is 4680. The third-order valence-electron chi connectivity index (χ3n) is 16.5. The summed E-state index contributed by atoms with van der Waals surface area (Å²) in [6, 6.07) is 23.7. The lowest BCUT2D eigenvalue weighted by molar-refractivity contribution is -0.684. The van der Waals surface area contributed by atoms with Gasteiger partial charge in [-0.05, 0) is 177 Å². The monoisotopic (exact) mass is 1450 g/mol. The molecule has 4 aromatic heterocycles. The minimum atomic E-state index is -5.29. The predicted molar refractivity (Wildman–Crippen MR) is 365 cm³/mol. The molecule has 0 aliphatic carbocycles. The van der Waals surface area contributed by atoms with Crippen molar-refractivity contribution in [2.45, 2.75) is 94.7 Å². The van der Waals surface area contributed by atoms with Gasteiger partial charge in [-0.15, -0.1) is 10.7 Å². The summed E-state index contributed by atoms with van der Waals surface area (Å²) in [5.41, 5.74) is 4.93. The Kier molecular flexibility index (Phi) is 24.4. The molecule has 0 spiro atoms. The minimum Gasteiger partial charge on any atom is -0.395 e. The van der Waals surface area contributed by atoms with E-state index in [-0.39, 0.29) is 116 Å². The van der Waals surface area contributed by atoms with Crippen LogP contribution in [0.2, 0.25) is 0 Å². The summed E-state index contributed by atoms with van der Waals surface area (Å²) in [5, 5.41) is 46.2. The maximum absolute atomic E-state index is 15.3. The third kappa shape index (κ3) is 19.3. The normalized spacial score (nSPS) is 14.2. The van der Waals surface area contributed by atoms with Crippen molar-refractivity contribution in [2.75, 3.05) is 62.8 Å². The molecule has 26 nitrogen and oxygen atoms in total. The number of carbonyl (C=O) groups is 3. The van der Waals surface area contributed by atoms with Crippen molar-refractivity contribution < 1.29 is 82.3 Å². The summed E-state index contributed by atoms with van der Waals surface area (Å²) in [5.74, 6) is -1.84. The number of hydrogen-bond acceptors (Lipinski definition) is 18. The van der Waals surface area contributed by atoms with Crippen LogP contribution in [0.5, 0.6) is 0 Å². The van der Waals surface area contributed by atoms with E-state index in [1.165, 1.54) is 54.7 Å². The molecular formula is C68H72F6N16O10S2+2. The van der Waals surface area contributed by atoms with E-state index in [4.69, 9.17) is 0 Å². The van der Waals surface area contributed by atoms with Crippen LogP contribution in [0.1, 0.15) is 59.1 Å². The first-order chi connectivity index (χ1) is 48.5. The Morgan fingerprint density at radius 3 is 1.65 bits per heavy atom. The number of amides is 3. The van der Waals surface area contributed by atoms with Gasteiger partial charge < -0.3 is 26.1 Å². The molecule has 102 heavy (non-hydrogen) atoms. The maximum Gasteiger partial charge on any atom is 0.417 e. The van der Waals surface area contributed by atoms with Crippen LogP contribution in [0.15, 0.2) is 196 Å². The molecule has 0 saturated heterocycles. The van der Waals surface area contributed by atoms with E-state index in [9.17, 15) is 60.0 Å². The van der Waals surface area contributed by atoms with Gasteiger partial charge in [0.1, 0.15) is 11.8 Å². The molecule has 3 amide bonds. The lowest BCUT2D eigenvalue weighted by Gasteiger charge is -2.27. The van der Waals surface area contributed by atoms with E-state index in [1.807, 2.05) is 54.0 Å². The Morgan fingerprint density at radius 1 is 0.667 bits per heavy atom. The Labute approximate surface area is 582 Å². The zero-order chi connectivity index (χ0) is 73.5. The van der Waals surface area contributed by atoms with Gasteiger partial charge in [0.25, 0.3) is 37.8 Å². The number of sulfonamides is 2. The first-order valence-electron chi connectivity index (χ1n) is 31.5. The predicted octanol–water partition coefficient (Wildman–Crippen LogP) is 9.95. The molecule has 0 saturated carbocycles. The van der Waals surface area contributed by atoms with Crippen molar-refractivity contribution in [3.8, 4) is 22.3 Å². The molecular weight excluding hydrogens is 1380 g/mol. The van der Waals surface area contributed by atoms with Crippen molar-refractivity contribution in [3.63, 3.8) is 0 Å². The first kappa shape index (κ1) is 75.3. The molecule has 4 aromatic carbocycles. The number of alkyl halides is 6. The highest BCUT2D eigenvalue weighted by Gasteiger charge is 2.40. The number of aliphatic imine (C=N–C) groups is 1. The number of benzene rings is 4. The molecule has 1 atom stereocenters. The van der Waals surface area contributed by atoms with Crippen LogP contribution in [0.25, 0.3) is 22.3 Å². The van der Waals surface area contributed by atoms with Crippen molar-refractivity contribution in [1.29, 1.82) is 0 Å². The third-order valence-corrected chi connectivity index (χ3v) is 19.4. The Hall–Kier alpha value is -10.9. The zero-order valence-corrected chi connectivity index (χ0v) is 56.9. The van der Waals surface area contributed by atoms with Gasteiger partial charge >= 0.3 is 12.4 Å². The van der Waals surface area contributed by atoms with Crippen LogP contribution >= 0.6 is 0 Å². The van der Waals surface area contributed by atoms with E-state index in [2.05, 4.69) is 50.7 Å². The fourth-order valence-electron chi connectivity index (χ4n) is 11.2. The summed E-state index contributed by atoms with van der Waals surface area (Å²) in [6.45, 7) is 5.07. The van der Waals surface area contributed by atoms with Crippen LogP contribution in [0.4, 0.5) is 60.5 Å². The molecule has 0 bridgehead atoms. The number of hydrogen-bond donors (Lipinski definition) is 10. The number of carbonyl (C=O) groups excluding carboxylic acids is 3. The van der Waals surface area contributed by atoms with Crippen LogP contribution < -0.4 is 55.5 Å². The summed E-state index contributed by atoms with van der Waals surface area (Å²) in [4.78, 5) is 51.2. The van der Waals surface area contributed by atoms with E-state index < -0.39 is 89.3 Å². The fourth-order valence-corrected chi connectivity index (χ4v) is 13.9. The van der Waals surface area contributed by atoms with E-state index >= 15 is 13.2 Å². The molecule has 536 valence electrons. The average molecular weight is 1450 g/mol. The molecule has 0 radical (unpaired) electrons. The number of aryl methyl sites for hydroxylation is 2. The number of anilines is 6. The topological polar surface area (TPSA) is 341 Å². The number of rotatable bonds is 24. The number of halogens is 6. The van der Waals surface area contributed by atoms with Crippen LogP contribution in [-0.2, 0) is 59.9 Å². The van der Waals surface area contributed by atoms with Gasteiger partial charge in [0, 0.05) is 110 Å². The van der Waals surface area contributed by atoms with Gasteiger partial charge in [0.2, 0.25) is 13.1 Å². The molecule has 10 N–H and O–H groups in total. The number of nitrogens with zero attached hydrogens (tertiary/aromatic N) is 9. The molecule has 1 aliphatic rings. The van der Waals surface area contributed by atoms with Crippen LogP contribution in [0, 0.1) is 27.7 Å². The van der Waals surface area contributed by atoms with Crippen molar-refractivity contribution in [3.05, 3.63) is 204 Å². The summed E-state index contributed by atoms with van der Waals surface area (Å²) >= 11 is 0.